The number of pyridine rings is 2. The smallest absolute Gasteiger partial charge is 0.248 e. The van der Waals surface area contributed by atoms with Crippen LogP contribution in [0.3, 0.4) is 0 Å². The van der Waals surface area contributed by atoms with Crippen molar-refractivity contribution in [3.63, 3.8) is 0 Å². The maximum atomic E-state index is 11.3. The SMILES string of the molecule is O=c1ccc2ncc(N3CCOCC3)cc2[nH]1. The van der Waals surface area contributed by atoms with Gasteiger partial charge >= 0.3 is 0 Å². The average molecular weight is 231 g/mol. The molecular weight excluding hydrogens is 218 g/mol. The van der Waals surface area contributed by atoms with Crippen LogP contribution in [0.1, 0.15) is 0 Å². The van der Waals surface area contributed by atoms with Gasteiger partial charge in [-0.1, -0.05) is 0 Å². The van der Waals surface area contributed by atoms with Gasteiger partial charge in [-0.25, -0.2) is 0 Å². The van der Waals surface area contributed by atoms with E-state index in [2.05, 4.69) is 14.9 Å². The van der Waals surface area contributed by atoms with E-state index in [1.807, 2.05) is 12.3 Å². The number of fused-ring (bicyclic) bond motifs is 1. The maximum absolute atomic E-state index is 11.3. The summed E-state index contributed by atoms with van der Waals surface area (Å²) in [5.41, 5.74) is 2.52. The third-order valence-corrected chi connectivity index (χ3v) is 2.93. The number of anilines is 1. The molecule has 3 heterocycles. The Hall–Kier alpha value is -1.88. The number of hydrogen-bond acceptors (Lipinski definition) is 4. The molecule has 1 aliphatic rings. The maximum Gasteiger partial charge on any atom is 0.248 e. The quantitative estimate of drug-likeness (QED) is 0.787. The van der Waals surface area contributed by atoms with Gasteiger partial charge in [0, 0.05) is 19.2 Å². The number of nitrogens with one attached hydrogen (secondary N) is 1. The first-order valence-electron chi connectivity index (χ1n) is 5.65. The van der Waals surface area contributed by atoms with Crippen LogP contribution in [-0.2, 0) is 4.74 Å². The van der Waals surface area contributed by atoms with E-state index in [1.54, 1.807) is 6.07 Å². The minimum Gasteiger partial charge on any atom is -0.378 e. The second-order valence-corrected chi connectivity index (χ2v) is 4.05. The fourth-order valence-corrected chi connectivity index (χ4v) is 2.02. The number of aromatic amines is 1. The van der Waals surface area contributed by atoms with Gasteiger partial charge in [0.25, 0.3) is 0 Å². The average Bonchev–Trinajstić information content (AvgIpc) is 2.39. The van der Waals surface area contributed by atoms with E-state index in [0.717, 1.165) is 43.0 Å². The van der Waals surface area contributed by atoms with Gasteiger partial charge in [0.15, 0.2) is 0 Å². The first-order chi connectivity index (χ1) is 8.33. The fourth-order valence-electron chi connectivity index (χ4n) is 2.02. The van der Waals surface area contributed by atoms with Gasteiger partial charge in [0.2, 0.25) is 5.56 Å². The molecular formula is C12H13N3O2. The van der Waals surface area contributed by atoms with Crippen LogP contribution in [0.5, 0.6) is 0 Å². The highest BCUT2D eigenvalue weighted by molar-refractivity contribution is 5.77. The molecule has 1 aliphatic heterocycles. The molecule has 1 fully saturated rings. The number of ether oxygens (including phenoxy) is 1. The van der Waals surface area contributed by atoms with Crippen LogP contribution in [-0.4, -0.2) is 36.3 Å². The zero-order valence-electron chi connectivity index (χ0n) is 9.35. The number of aromatic nitrogens is 2. The summed E-state index contributed by atoms with van der Waals surface area (Å²) in [7, 11) is 0. The lowest BCUT2D eigenvalue weighted by Crippen LogP contribution is -2.36. The van der Waals surface area contributed by atoms with E-state index >= 15 is 0 Å². The molecule has 1 saturated heterocycles. The summed E-state index contributed by atoms with van der Waals surface area (Å²) in [5.74, 6) is 0. The lowest BCUT2D eigenvalue weighted by molar-refractivity contribution is 0.122. The van der Waals surface area contributed by atoms with E-state index < -0.39 is 0 Å². The molecule has 0 unspecified atom stereocenters. The molecule has 0 aliphatic carbocycles. The molecule has 3 rings (SSSR count). The molecule has 5 nitrogen and oxygen atoms in total. The number of hydrogen-bond donors (Lipinski definition) is 1. The molecule has 0 atom stereocenters. The summed E-state index contributed by atoms with van der Waals surface area (Å²) < 4.78 is 5.31. The van der Waals surface area contributed by atoms with Crippen LogP contribution in [0, 0.1) is 0 Å². The summed E-state index contributed by atoms with van der Waals surface area (Å²) in [5, 5.41) is 0. The number of morpholine rings is 1. The Labute approximate surface area is 98.0 Å². The monoisotopic (exact) mass is 231 g/mol. The summed E-state index contributed by atoms with van der Waals surface area (Å²) in [6, 6.07) is 5.19. The van der Waals surface area contributed by atoms with Crippen molar-refractivity contribution in [2.24, 2.45) is 0 Å². The molecule has 17 heavy (non-hydrogen) atoms. The Morgan fingerprint density at radius 2 is 2.12 bits per heavy atom. The minimum absolute atomic E-state index is 0.0987. The summed E-state index contributed by atoms with van der Waals surface area (Å²) in [6.07, 6.45) is 1.84. The van der Waals surface area contributed by atoms with Gasteiger partial charge in [0.1, 0.15) is 0 Å². The van der Waals surface area contributed by atoms with Crippen molar-refractivity contribution in [2.75, 3.05) is 31.2 Å². The summed E-state index contributed by atoms with van der Waals surface area (Å²) in [4.78, 5) is 20.6. The Morgan fingerprint density at radius 1 is 1.29 bits per heavy atom. The van der Waals surface area contributed by atoms with Crippen molar-refractivity contribution < 1.29 is 4.74 Å². The predicted molar refractivity (Wildman–Crippen MR) is 65.4 cm³/mol. The van der Waals surface area contributed by atoms with Crippen molar-refractivity contribution in [1.82, 2.24) is 9.97 Å². The highest BCUT2D eigenvalue weighted by Gasteiger charge is 2.11. The first-order valence-corrected chi connectivity index (χ1v) is 5.65. The third-order valence-electron chi connectivity index (χ3n) is 2.93. The minimum atomic E-state index is -0.0987. The molecule has 0 saturated carbocycles. The summed E-state index contributed by atoms with van der Waals surface area (Å²) in [6.45, 7) is 3.21. The molecule has 0 amide bonds. The highest BCUT2D eigenvalue weighted by Crippen LogP contribution is 2.18. The molecule has 5 heteroatoms. The van der Waals surface area contributed by atoms with Crippen molar-refractivity contribution in [3.05, 3.63) is 34.7 Å². The van der Waals surface area contributed by atoms with Crippen LogP contribution in [0.25, 0.3) is 11.0 Å². The van der Waals surface area contributed by atoms with Gasteiger partial charge in [0.05, 0.1) is 36.1 Å². The van der Waals surface area contributed by atoms with Crippen molar-refractivity contribution in [3.8, 4) is 0 Å². The van der Waals surface area contributed by atoms with Gasteiger partial charge in [-0.15, -0.1) is 0 Å². The van der Waals surface area contributed by atoms with Crippen molar-refractivity contribution in [2.45, 2.75) is 0 Å². The molecule has 1 N–H and O–H groups in total. The number of rotatable bonds is 1. The molecule has 0 spiro atoms. The van der Waals surface area contributed by atoms with E-state index in [4.69, 9.17) is 4.74 Å². The van der Waals surface area contributed by atoms with E-state index in [0.29, 0.717) is 0 Å². The van der Waals surface area contributed by atoms with E-state index in [1.165, 1.54) is 6.07 Å². The van der Waals surface area contributed by atoms with Crippen LogP contribution >= 0.6 is 0 Å². The number of nitrogens with zero attached hydrogens (tertiary/aromatic N) is 2. The largest absolute Gasteiger partial charge is 0.378 e. The molecule has 0 radical (unpaired) electrons. The normalized spacial score (nSPS) is 16.4. The zero-order chi connectivity index (χ0) is 11.7. The van der Waals surface area contributed by atoms with Crippen molar-refractivity contribution >= 4 is 16.7 Å². The Kier molecular flexibility index (Phi) is 2.53. The molecule has 0 aromatic carbocycles. The second-order valence-electron chi connectivity index (χ2n) is 4.05. The van der Waals surface area contributed by atoms with Gasteiger partial charge < -0.3 is 14.6 Å². The summed E-state index contributed by atoms with van der Waals surface area (Å²) >= 11 is 0. The van der Waals surface area contributed by atoms with Crippen LogP contribution < -0.4 is 10.5 Å². The zero-order valence-corrected chi connectivity index (χ0v) is 9.35. The molecule has 88 valence electrons. The molecule has 2 aromatic heterocycles. The predicted octanol–water partition coefficient (Wildman–Crippen LogP) is 0.760. The third kappa shape index (κ3) is 2.01. The van der Waals surface area contributed by atoms with Crippen LogP contribution in [0.15, 0.2) is 29.2 Å². The van der Waals surface area contributed by atoms with Gasteiger partial charge in [-0.2, -0.15) is 0 Å². The van der Waals surface area contributed by atoms with Gasteiger partial charge in [-0.05, 0) is 12.1 Å². The van der Waals surface area contributed by atoms with E-state index in [9.17, 15) is 4.79 Å². The van der Waals surface area contributed by atoms with Crippen LogP contribution in [0.4, 0.5) is 5.69 Å². The van der Waals surface area contributed by atoms with Crippen molar-refractivity contribution in [1.29, 1.82) is 0 Å². The Balaban J connectivity index is 2.02. The molecule has 2 aromatic rings. The molecule has 0 bridgehead atoms. The topological polar surface area (TPSA) is 58.2 Å². The van der Waals surface area contributed by atoms with Gasteiger partial charge in [-0.3, -0.25) is 9.78 Å². The standard InChI is InChI=1S/C12H13N3O2/c16-12-2-1-10-11(14-12)7-9(8-13-10)15-3-5-17-6-4-15/h1-2,7-8H,3-6H2,(H,14,16). The highest BCUT2D eigenvalue weighted by atomic mass is 16.5. The lowest BCUT2D eigenvalue weighted by atomic mass is 10.2. The Morgan fingerprint density at radius 3 is 2.94 bits per heavy atom. The first kappa shape index (κ1) is 10.3. The Bertz CT molecular complexity index is 588. The van der Waals surface area contributed by atoms with E-state index in [-0.39, 0.29) is 5.56 Å². The lowest BCUT2D eigenvalue weighted by Gasteiger charge is -2.28. The second kappa shape index (κ2) is 4.18. The number of H-pyrrole nitrogens is 1. The van der Waals surface area contributed by atoms with Crippen LogP contribution in [0.2, 0.25) is 0 Å². The fraction of sp³-hybridized carbons (Fsp3) is 0.333.